The van der Waals surface area contributed by atoms with Gasteiger partial charge in [0.05, 0.1) is 12.3 Å². The number of carboxylic acid groups (broad SMARTS) is 1. The van der Waals surface area contributed by atoms with E-state index in [-0.39, 0.29) is 25.1 Å². The van der Waals surface area contributed by atoms with Crippen LogP contribution in [0.25, 0.3) is 0 Å². The van der Waals surface area contributed by atoms with E-state index in [1.165, 1.54) is 0 Å². The van der Waals surface area contributed by atoms with Gasteiger partial charge in [-0.1, -0.05) is 57.3 Å². The van der Waals surface area contributed by atoms with E-state index in [1.807, 2.05) is 30.3 Å². The number of hydrogen-bond donors (Lipinski definition) is 6. The fourth-order valence-electron chi connectivity index (χ4n) is 3.60. The molecule has 210 valence electrons. The normalized spacial score (nSPS) is 15.1. The number of benzene rings is 1. The fraction of sp³-hybridized carbons (Fsp3) is 0.444. The number of carbonyl (C=O) groups is 3. The minimum absolute atomic E-state index is 0.0148. The van der Waals surface area contributed by atoms with E-state index in [0.717, 1.165) is 11.6 Å². The molecule has 0 saturated carbocycles. The van der Waals surface area contributed by atoms with Gasteiger partial charge in [-0.15, -0.1) is 0 Å². The van der Waals surface area contributed by atoms with E-state index in [9.17, 15) is 33.4 Å². The summed E-state index contributed by atoms with van der Waals surface area (Å²) in [5.41, 5.74) is 11.9. The number of carboxylic acids is 1. The molecule has 1 aromatic carbocycles. The van der Waals surface area contributed by atoms with Crippen LogP contribution in [-0.2, 0) is 20.8 Å². The molecule has 0 radical (unpaired) electrons. The number of aliphatic carboxylic acids is 1. The quantitative estimate of drug-likeness (QED) is 0.175. The highest BCUT2D eigenvalue weighted by atomic mass is 19.1. The molecule has 0 aliphatic rings. The lowest BCUT2D eigenvalue weighted by molar-refractivity contribution is -0.141. The number of rotatable bonds is 16. The molecule has 9 nitrogen and oxygen atoms in total. The van der Waals surface area contributed by atoms with Crippen molar-refractivity contribution < 1.29 is 33.4 Å². The van der Waals surface area contributed by atoms with E-state index in [2.05, 4.69) is 23.8 Å². The van der Waals surface area contributed by atoms with E-state index in [0.29, 0.717) is 6.42 Å². The van der Waals surface area contributed by atoms with Gasteiger partial charge in [0.1, 0.15) is 17.8 Å². The van der Waals surface area contributed by atoms with E-state index in [4.69, 9.17) is 11.5 Å². The van der Waals surface area contributed by atoms with E-state index >= 15 is 0 Å². The number of nitrogens with two attached hydrogens (primary N) is 2. The Hall–Kier alpha value is -3.41. The molecule has 38 heavy (non-hydrogen) atoms. The molecule has 8 N–H and O–H groups in total. The summed E-state index contributed by atoms with van der Waals surface area (Å²) in [6.45, 7) is 9.66. The number of carbonyl (C=O) groups excluding carboxylic acids is 2. The second-order valence-corrected chi connectivity index (χ2v) is 9.99. The lowest BCUT2D eigenvalue weighted by atomic mass is 9.88. The van der Waals surface area contributed by atoms with Gasteiger partial charge in [-0.3, -0.25) is 14.4 Å². The monoisotopic (exact) mass is 536 g/mol. The average molecular weight is 537 g/mol. The largest absolute Gasteiger partial charge is 0.481 e. The van der Waals surface area contributed by atoms with Crippen molar-refractivity contribution in [3.63, 3.8) is 0 Å². The minimum atomic E-state index is -1.45. The van der Waals surface area contributed by atoms with Gasteiger partial charge >= 0.3 is 5.97 Å². The van der Waals surface area contributed by atoms with Crippen molar-refractivity contribution in [2.75, 3.05) is 13.1 Å². The Morgan fingerprint density at radius 2 is 1.55 bits per heavy atom. The molecule has 4 atom stereocenters. The smallest absolute Gasteiger partial charge is 0.304 e. The molecule has 0 aromatic heterocycles. The SMILES string of the molecule is C=C(F)/C=C(/CC(N)C(CC(=O)O)C(=O)NCC(C)(C)CNC(=O)C(O)C(N)Cc1ccccc1)C(=C)F. The van der Waals surface area contributed by atoms with Crippen LogP contribution in [0.2, 0.25) is 0 Å². The van der Waals surface area contributed by atoms with Crippen molar-refractivity contribution in [2.24, 2.45) is 22.8 Å². The third-order valence-electron chi connectivity index (χ3n) is 5.85. The summed E-state index contributed by atoms with van der Waals surface area (Å²) in [5, 5.41) is 24.8. The van der Waals surface area contributed by atoms with Gasteiger partial charge in [0.2, 0.25) is 11.8 Å². The Balaban J connectivity index is 2.73. The van der Waals surface area contributed by atoms with Gasteiger partial charge in [0.15, 0.2) is 0 Å². The zero-order valence-electron chi connectivity index (χ0n) is 21.8. The Bertz CT molecular complexity index is 1030. The highest BCUT2D eigenvalue weighted by molar-refractivity contribution is 5.84. The number of allylic oxidation sites excluding steroid dienone is 3. The standard InChI is InChI=1S/C27H38F2N4O5/c1-16(28)10-19(17(2)29)12-21(30)20(13-23(34)35)25(37)32-14-27(3,4)15-33-26(38)24(36)22(31)11-18-8-6-5-7-9-18/h5-10,20-22,24,36H,1-2,11-15,30-31H2,3-4H3,(H,32,37)(H,33,38)(H,34,35)/b19-10-. The summed E-state index contributed by atoms with van der Waals surface area (Å²) < 4.78 is 26.8. The van der Waals surface area contributed by atoms with Crippen molar-refractivity contribution in [3.05, 3.63) is 72.4 Å². The number of hydrogen-bond acceptors (Lipinski definition) is 6. The van der Waals surface area contributed by atoms with Gasteiger partial charge in [0, 0.05) is 25.2 Å². The third kappa shape index (κ3) is 11.8. The molecule has 0 aliphatic carbocycles. The lowest BCUT2D eigenvalue weighted by Gasteiger charge is -2.29. The summed E-state index contributed by atoms with van der Waals surface area (Å²) in [4.78, 5) is 36.6. The summed E-state index contributed by atoms with van der Waals surface area (Å²) in [7, 11) is 0. The molecular formula is C27H38F2N4O5. The van der Waals surface area contributed by atoms with Crippen LogP contribution in [0.1, 0.15) is 32.3 Å². The molecule has 0 fully saturated rings. The molecule has 0 spiro atoms. The number of aliphatic hydroxyl groups is 1. The highest BCUT2D eigenvalue weighted by Gasteiger charge is 2.31. The van der Waals surface area contributed by atoms with Crippen molar-refractivity contribution in [1.82, 2.24) is 10.6 Å². The van der Waals surface area contributed by atoms with Gasteiger partial charge in [-0.25, -0.2) is 8.78 Å². The van der Waals surface area contributed by atoms with Crippen LogP contribution in [0.4, 0.5) is 8.78 Å². The summed E-state index contributed by atoms with van der Waals surface area (Å²) in [5.74, 6) is -5.85. The highest BCUT2D eigenvalue weighted by Crippen LogP contribution is 2.23. The van der Waals surface area contributed by atoms with E-state index in [1.54, 1.807) is 13.8 Å². The maximum absolute atomic E-state index is 13.7. The summed E-state index contributed by atoms with van der Waals surface area (Å²) >= 11 is 0. The predicted molar refractivity (Wildman–Crippen MR) is 141 cm³/mol. The van der Waals surface area contributed by atoms with Gasteiger partial charge in [0.25, 0.3) is 0 Å². The predicted octanol–water partition coefficient (Wildman–Crippen LogP) is 1.88. The molecule has 0 bridgehead atoms. The number of amides is 2. The first-order valence-electron chi connectivity index (χ1n) is 12.0. The van der Waals surface area contributed by atoms with Crippen LogP contribution in [-0.4, -0.2) is 59.3 Å². The molecular weight excluding hydrogens is 498 g/mol. The molecule has 4 unspecified atom stereocenters. The van der Waals surface area contributed by atoms with Gasteiger partial charge < -0.3 is 32.3 Å². The van der Waals surface area contributed by atoms with Crippen molar-refractivity contribution >= 4 is 17.8 Å². The summed E-state index contributed by atoms with van der Waals surface area (Å²) in [6, 6.07) is 7.18. The van der Waals surface area contributed by atoms with Crippen LogP contribution in [0.15, 0.2) is 66.8 Å². The minimum Gasteiger partial charge on any atom is -0.481 e. The Kier molecular flexibility index (Phi) is 13.0. The maximum atomic E-state index is 13.7. The third-order valence-corrected chi connectivity index (χ3v) is 5.85. The molecule has 2 amide bonds. The first-order chi connectivity index (χ1) is 17.6. The number of nitrogens with one attached hydrogen (secondary N) is 2. The Morgan fingerprint density at radius 1 is 1.00 bits per heavy atom. The first kappa shape index (κ1) is 32.6. The second kappa shape index (κ2) is 15.1. The van der Waals surface area contributed by atoms with Crippen LogP contribution in [0.3, 0.4) is 0 Å². The van der Waals surface area contributed by atoms with Crippen molar-refractivity contribution in [1.29, 1.82) is 0 Å². The van der Waals surface area contributed by atoms with Crippen LogP contribution >= 0.6 is 0 Å². The lowest BCUT2D eigenvalue weighted by Crippen LogP contribution is -2.51. The molecule has 0 heterocycles. The van der Waals surface area contributed by atoms with Gasteiger partial charge in [-0.2, -0.15) is 0 Å². The van der Waals surface area contributed by atoms with Crippen LogP contribution < -0.4 is 22.1 Å². The Morgan fingerprint density at radius 3 is 2.05 bits per heavy atom. The zero-order chi connectivity index (χ0) is 29.0. The van der Waals surface area contributed by atoms with Crippen molar-refractivity contribution in [3.8, 4) is 0 Å². The Labute approximate surface area is 221 Å². The van der Waals surface area contributed by atoms with Crippen molar-refractivity contribution in [2.45, 2.75) is 51.3 Å². The van der Waals surface area contributed by atoms with Gasteiger partial charge in [-0.05, 0) is 35.5 Å². The average Bonchev–Trinajstić information content (AvgIpc) is 2.83. The maximum Gasteiger partial charge on any atom is 0.304 e. The van der Waals surface area contributed by atoms with Crippen LogP contribution in [0.5, 0.6) is 0 Å². The second-order valence-electron chi connectivity index (χ2n) is 9.99. The first-order valence-corrected chi connectivity index (χ1v) is 12.0. The fourth-order valence-corrected chi connectivity index (χ4v) is 3.60. The molecule has 11 heteroatoms. The van der Waals surface area contributed by atoms with E-state index < -0.39 is 65.4 Å². The summed E-state index contributed by atoms with van der Waals surface area (Å²) in [6.07, 6.45) is -1.36. The van der Waals surface area contributed by atoms with Crippen LogP contribution in [0, 0.1) is 11.3 Å². The topological polar surface area (TPSA) is 168 Å². The number of aliphatic hydroxyl groups excluding tert-OH is 1. The number of halogens is 2. The molecule has 1 rings (SSSR count). The molecule has 0 saturated heterocycles. The molecule has 1 aromatic rings. The zero-order valence-corrected chi connectivity index (χ0v) is 21.8. The molecule has 0 aliphatic heterocycles.